The van der Waals surface area contributed by atoms with Crippen LogP contribution in [-0.2, 0) is 20.7 Å². The first-order valence-corrected chi connectivity index (χ1v) is 9.14. The van der Waals surface area contributed by atoms with Gasteiger partial charge in [-0.2, -0.15) is 0 Å². The first-order chi connectivity index (χ1) is 13.3. The van der Waals surface area contributed by atoms with Gasteiger partial charge in [0.2, 0.25) is 0 Å². The molecule has 0 aliphatic heterocycles. The molecular formula is C19H20Cl2N2O5. The minimum absolute atomic E-state index is 0.0781. The fourth-order valence-electron chi connectivity index (χ4n) is 2.41. The fourth-order valence-corrected chi connectivity index (χ4v) is 2.89. The van der Waals surface area contributed by atoms with Crippen LogP contribution in [0, 0.1) is 0 Å². The molecule has 1 aromatic heterocycles. The summed E-state index contributed by atoms with van der Waals surface area (Å²) >= 11 is 11.7. The Morgan fingerprint density at radius 1 is 1.21 bits per heavy atom. The zero-order valence-corrected chi connectivity index (χ0v) is 16.8. The molecule has 0 saturated heterocycles. The first-order valence-electron chi connectivity index (χ1n) is 8.38. The van der Waals surface area contributed by atoms with Crippen LogP contribution < -0.4 is 10.1 Å². The van der Waals surface area contributed by atoms with Crippen LogP contribution in [0.3, 0.4) is 0 Å². The molecule has 28 heavy (non-hydrogen) atoms. The number of aliphatic hydroxyl groups is 1. The van der Waals surface area contributed by atoms with Crippen LogP contribution in [0.25, 0.3) is 0 Å². The second-order valence-electron chi connectivity index (χ2n) is 6.06. The van der Waals surface area contributed by atoms with Crippen molar-refractivity contribution < 1.29 is 24.2 Å². The third kappa shape index (κ3) is 6.67. The number of carbonyl (C=O) groups excluding carboxylic acids is 2. The summed E-state index contributed by atoms with van der Waals surface area (Å²) in [5, 5.41) is 13.3. The Balaban J connectivity index is 1.89. The van der Waals surface area contributed by atoms with E-state index in [0.29, 0.717) is 12.2 Å². The van der Waals surface area contributed by atoms with Crippen LogP contribution in [0.1, 0.15) is 24.3 Å². The van der Waals surface area contributed by atoms with Crippen molar-refractivity contribution in [1.82, 2.24) is 10.3 Å². The van der Waals surface area contributed by atoms with Crippen LogP contribution in [0.15, 0.2) is 36.4 Å². The minimum Gasteiger partial charge on any atom is -0.482 e. The SMILES string of the molecule is COC(=O)COc1ccc(CC(C)NC(=O)C(O)c2cc(Cl)cc(Cl)n2)cc1. The van der Waals surface area contributed by atoms with Gasteiger partial charge in [-0.1, -0.05) is 35.3 Å². The van der Waals surface area contributed by atoms with Crippen LogP contribution in [0.5, 0.6) is 5.75 Å². The van der Waals surface area contributed by atoms with E-state index < -0.39 is 18.0 Å². The van der Waals surface area contributed by atoms with Gasteiger partial charge >= 0.3 is 5.97 Å². The summed E-state index contributed by atoms with van der Waals surface area (Å²) < 4.78 is 9.78. The summed E-state index contributed by atoms with van der Waals surface area (Å²) in [6.07, 6.45) is -0.952. The van der Waals surface area contributed by atoms with E-state index in [1.807, 2.05) is 19.1 Å². The van der Waals surface area contributed by atoms with Crippen molar-refractivity contribution in [1.29, 1.82) is 0 Å². The van der Waals surface area contributed by atoms with E-state index in [1.165, 1.54) is 19.2 Å². The molecule has 0 spiro atoms. The Kier molecular flexibility index (Phi) is 8.04. The number of esters is 1. The lowest BCUT2D eigenvalue weighted by Gasteiger charge is -2.17. The van der Waals surface area contributed by atoms with E-state index in [4.69, 9.17) is 27.9 Å². The van der Waals surface area contributed by atoms with E-state index in [1.54, 1.807) is 12.1 Å². The monoisotopic (exact) mass is 426 g/mol. The highest BCUT2D eigenvalue weighted by molar-refractivity contribution is 6.33. The molecule has 2 atom stereocenters. The molecule has 7 nitrogen and oxygen atoms in total. The first kappa shape index (κ1) is 21.9. The lowest BCUT2D eigenvalue weighted by atomic mass is 10.1. The molecule has 1 aromatic carbocycles. The van der Waals surface area contributed by atoms with Gasteiger partial charge in [-0.25, -0.2) is 9.78 Å². The fraction of sp³-hybridized carbons (Fsp3) is 0.316. The highest BCUT2D eigenvalue weighted by Crippen LogP contribution is 2.20. The Labute approximate surface area is 172 Å². The number of rotatable bonds is 8. The number of hydrogen-bond acceptors (Lipinski definition) is 6. The standard InChI is InChI=1S/C19H20Cl2N2O5/c1-11(7-12-3-5-14(6-4-12)28-10-17(24)27-2)22-19(26)18(25)15-8-13(20)9-16(21)23-15/h3-6,8-9,11,18,25H,7,10H2,1-2H3,(H,22,26). The number of hydrogen-bond donors (Lipinski definition) is 2. The number of nitrogens with one attached hydrogen (secondary N) is 1. The molecule has 1 heterocycles. The van der Waals surface area contributed by atoms with Crippen molar-refractivity contribution in [2.24, 2.45) is 0 Å². The van der Waals surface area contributed by atoms with Gasteiger partial charge in [0.25, 0.3) is 5.91 Å². The van der Waals surface area contributed by atoms with E-state index in [2.05, 4.69) is 15.0 Å². The van der Waals surface area contributed by atoms with Gasteiger partial charge in [0.15, 0.2) is 12.7 Å². The van der Waals surface area contributed by atoms with Gasteiger partial charge in [-0.05, 0) is 43.2 Å². The lowest BCUT2D eigenvalue weighted by Crippen LogP contribution is -2.37. The van der Waals surface area contributed by atoms with Crippen molar-refractivity contribution in [2.75, 3.05) is 13.7 Å². The average Bonchev–Trinajstić information content (AvgIpc) is 2.65. The predicted octanol–water partition coefficient (Wildman–Crippen LogP) is 2.72. The molecule has 2 unspecified atom stereocenters. The van der Waals surface area contributed by atoms with Gasteiger partial charge in [-0.3, -0.25) is 4.79 Å². The molecule has 0 bridgehead atoms. The third-order valence-electron chi connectivity index (χ3n) is 3.75. The molecule has 0 saturated carbocycles. The number of methoxy groups -OCH3 is 1. The zero-order chi connectivity index (χ0) is 20.7. The molecule has 0 aliphatic rings. The highest BCUT2D eigenvalue weighted by atomic mass is 35.5. The Morgan fingerprint density at radius 3 is 2.50 bits per heavy atom. The molecule has 9 heteroatoms. The zero-order valence-electron chi connectivity index (χ0n) is 15.3. The van der Waals surface area contributed by atoms with E-state index in [-0.39, 0.29) is 28.5 Å². The van der Waals surface area contributed by atoms with Crippen molar-refractivity contribution in [2.45, 2.75) is 25.5 Å². The number of benzene rings is 1. The van der Waals surface area contributed by atoms with E-state index >= 15 is 0 Å². The van der Waals surface area contributed by atoms with E-state index in [0.717, 1.165) is 5.56 Å². The summed E-state index contributed by atoms with van der Waals surface area (Å²) in [5.74, 6) is -0.531. The molecule has 2 aromatic rings. The number of pyridine rings is 1. The van der Waals surface area contributed by atoms with Crippen molar-refractivity contribution >= 4 is 35.1 Å². The van der Waals surface area contributed by atoms with Gasteiger partial charge < -0.3 is 19.9 Å². The molecular weight excluding hydrogens is 407 g/mol. The molecule has 1 amide bonds. The Bertz CT molecular complexity index is 809. The summed E-state index contributed by atoms with van der Waals surface area (Å²) in [7, 11) is 1.29. The number of carbonyl (C=O) groups is 2. The maximum atomic E-state index is 12.2. The van der Waals surface area contributed by atoms with Crippen molar-refractivity contribution in [3.63, 3.8) is 0 Å². The number of halogens is 2. The number of amides is 1. The second-order valence-corrected chi connectivity index (χ2v) is 6.88. The lowest BCUT2D eigenvalue weighted by molar-refractivity contribution is -0.142. The van der Waals surface area contributed by atoms with Gasteiger partial charge in [-0.15, -0.1) is 0 Å². The Morgan fingerprint density at radius 2 is 1.89 bits per heavy atom. The van der Waals surface area contributed by atoms with E-state index in [9.17, 15) is 14.7 Å². The van der Waals surface area contributed by atoms with Crippen LogP contribution in [-0.4, -0.2) is 41.7 Å². The van der Waals surface area contributed by atoms with Gasteiger partial charge in [0, 0.05) is 11.1 Å². The normalized spacial score (nSPS) is 12.8. The van der Waals surface area contributed by atoms with Crippen molar-refractivity contribution in [3.8, 4) is 5.75 Å². The summed E-state index contributed by atoms with van der Waals surface area (Å²) in [6, 6.07) is 9.64. The topological polar surface area (TPSA) is 97.8 Å². The molecule has 2 rings (SSSR count). The smallest absolute Gasteiger partial charge is 0.343 e. The second kappa shape index (κ2) is 10.3. The number of ether oxygens (including phenoxy) is 2. The molecule has 0 fully saturated rings. The van der Waals surface area contributed by atoms with Crippen LogP contribution >= 0.6 is 23.2 Å². The molecule has 0 aliphatic carbocycles. The summed E-state index contributed by atoms with van der Waals surface area (Å²) in [4.78, 5) is 27.2. The number of nitrogens with zero attached hydrogens (tertiary/aromatic N) is 1. The minimum atomic E-state index is -1.48. The highest BCUT2D eigenvalue weighted by Gasteiger charge is 2.21. The summed E-state index contributed by atoms with van der Waals surface area (Å²) in [5.41, 5.74) is 1.02. The number of aliphatic hydroxyl groups excluding tert-OH is 1. The maximum absolute atomic E-state index is 12.2. The average molecular weight is 427 g/mol. The van der Waals surface area contributed by atoms with Crippen LogP contribution in [0.4, 0.5) is 0 Å². The third-order valence-corrected chi connectivity index (χ3v) is 4.16. The molecule has 0 radical (unpaired) electrons. The molecule has 150 valence electrons. The Hall–Kier alpha value is -2.35. The predicted molar refractivity (Wildman–Crippen MR) is 104 cm³/mol. The summed E-state index contributed by atoms with van der Waals surface area (Å²) in [6.45, 7) is 1.65. The van der Waals surface area contributed by atoms with Crippen molar-refractivity contribution in [3.05, 3.63) is 57.8 Å². The maximum Gasteiger partial charge on any atom is 0.343 e. The van der Waals surface area contributed by atoms with Gasteiger partial charge in [0.05, 0.1) is 12.8 Å². The quantitative estimate of drug-likeness (QED) is 0.497. The number of aromatic nitrogens is 1. The van der Waals surface area contributed by atoms with Crippen LogP contribution in [0.2, 0.25) is 10.2 Å². The molecule has 2 N–H and O–H groups in total. The van der Waals surface area contributed by atoms with Gasteiger partial charge in [0.1, 0.15) is 10.9 Å². The largest absolute Gasteiger partial charge is 0.482 e.